The largest absolute Gasteiger partial charge is 0.487 e. The third kappa shape index (κ3) is 5.60. The van der Waals surface area contributed by atoms with Crippen LogP contribution in [0, 0.1) is 5.82 Å². The number of hydrogen-bond donors (Lipinski definition) is 0. The van der Waals surface area contributed by atoms with Crippen LogP contribution in [0.4, 0.5) is 4.39 Å². The minimum absolute atomic E-state index is 0.213. The van der Waals surface area contributed by atoms with Gasteiger partial charge < -0.3 is 9.47 Å². The van der Waals surface area contributed by atoms with E-state index in [1.807, 2.05) is 36.4 Å². The molecular weight excluding hydrogens is 553 g/mol. The van der Waals surface area contributed by atoms with Crippen molar-refractivity contribution in [2.75, 3.05) is 0 Å². The van der Waals surface area contributed by atoms with Gasteiger partial charge in [0.15, 0.2) is 5.70 Å². The monoisotopic (exact) mass is 571 g/mol. The lowest BCUT2D eigenvalue weighted by molar-refractivity contribution is -0.129. The van der Waals surface area contributed by atoms with E-state index in [0.29, 0.717) is 20.6 Å². The van der Waals surface area contributed by atoms with E-state index in [1.54, 1.807) is 18.2 Å². The lowest BCUT2D eigenvalue weighted by Crippen LogP contribution is -2.05. The molecule has 0 saturated heterocycles. The maximum Gasteiger partial charge on any atom is 0.363 e. The van der Waals surface area contributed by atoms with Crippen LogP contribution in [0.1, 0.15) is 42.0 Å². The van der Waals surface area contributed by atoms with Gasteiger partial charge in [0.1, 0.15) is 18.2 Å². The first-order valence-corrected chi connectivity index (χ1v) is 11.9. The van der Waals surface area contributed by atoms with Crippen LogP contribution >= 0.6 is 31.9 Å². The maximum atomic E-state index is 13.4. The van der Waals surface area contributed by atoms with Gasteiger partial charge in [0.05, 0.1) is 8.95 Å². The van der Waals surface area contributed by atoms with Crippen LogP contribution in [0.15, 0.2) is 80.3 Å². The molecule has 1 heterocycles. The van der Waals surface area contributed by atoms with Gasteiger partial charge in [0.25, 0.3) is 0 Å². The summed E-state index contributed by atoms with van der Waals surface area (Å²) in [6.07, 6.45) is 1.66. The Kier molecular flexibility index (Phi) is 7.10. The zero-order valence-electron chi connectivity index (χ0n) is 17.9. The van der Waals surface area contributed by atoms with Gasteiger partial charge in [0, 0.05) is 5.56 Å². The Bertz CT molecular complexity index is 1240. The van der Waals surface area contributed by atoms with E-state index < -0.39 is 5.97 Å². The van der Waals surface area contributed by atoms with Crippen molar-refractivity contribution in [1.82, 2.24) is 0 Å². The summed E-state index contributed by atoms with van der Waals surface area (Å²) in [5.74, 6) is 0.465. The average Bonchev–Trinajstić information content (AvgIpc) is 3.13. The van der Waals surface area contributed by atoms with Crippen molar-refractivity contribution in [2.24, 2.45) is 4.99 Å². The highest BCUT2D eigenvalue weighted by Gasteiger charge is 2.24. The standard InChI is InChI=1S/C26H20Br2FNO3/c1-15(2)18-6-8-19(9-7-18)25-30-23(26(31)33-25)13-17-11-21(27)24(22(28)12-17)32-14-16-4-3-5-20(29)10-16/h3-13,15H,14H2,1-2H3/b23-13-. The number of benzene rings is 3. The molecule has 0 bridgehead atoms. The summed E-state index contributed by atoms with van der Waals surface area (Å²) in [4.78, 5) is 16.8. The average molecular weight is 573 g/mol. The van der Waals surface area contributed by atoms with Gasteiger partial charge in [-0.25, -0.2) is 14.2 Å². The number of carbonyl (C=O) groups is 1. The predicted octanol–water partition coefficient (Wildman–Crippen LogP) is 7.40. The molecule has 0 aliphatic carbocycles. The smallest absolute Gasteiger partial charge is 0.363 e. The van der Waals surface area contributed by atoms with E-state index >= 15 is 0 Å². The van der Waals surface area contributed by atoms with Crippen LogP contribution in [-0.4, -0.2) is 11.9 Å². The van der Waals surface area contributed by atoms with Crippen LogP contribution in [0.5, 0.6) is 5.75 Å². The zero-order valence-corrected chi connectivity index (χ0v) is 21.1. The van der Waals surface area contributed by atoms with Crippen molar-refractivity contribution >= 4 is 49.8 Å². The zero-order chi connectivity index (χ0) is 23.5. The lowest BCUT2D eigenvalue weighted by Gasteiger charge is -2.11. The lowest BCUT2D eigenvalue weighted by atomic mass is 10.0. The van der Waals surface area contributed by atoms with Crippen molar-refractivity contribution in [3.63, 3.8) is 0 Å². The van der Waals surface area contributed by atoms with Gasteiger partial charge in [-0.1, -0.05) is 38.1 Å². The quantitative estimate of drug-likeness (QED) is 0.228. The second-order valence-electron chi connectivity index (χ2n) is 7.85. The van der Waals surface area contributed by atoms with E-state index in [2.05, 4.69) is 50.7 Å². The molecule has 7 heteroatoms. The summed E-state index contributed by atoms with van der Waals surface area (Å²) < 4.78 is 26.0. The number of ether oxygens (including phenoxy) is 2. The topological polar surface area (TPSA) is 47.9 Å². The second kappa shape index (κ2) is 10.0. The van der Waals surface area contributed by atoms with E-state index in [9.17, 15) is 9.18 Å². The van der Waals surface area contributed by atoms with Gasteiger partial charge in [-0.3, -0.25) is 0 Å². The third-order valence-corrected chi connectivity index (χ3v) is 6.22. The first-order valence-electron chi connectivity index (χ1n) is 10.3. The Labute approximate surface area is 208 Å². The van der Waals surface area contributed by atoms with Crippen molar-refractivity contribution < 1.29 is 18.7 Å². The van der Waals surface area contributed by atoms with Gasteiger partial charge in [-0.15, -0.1) is 0 Å². The summed E-state index contributed by atoms with van der Waals surface area (Å²) in [6.45, 7) is 4.46. The molecule has 4 nitrogen and oxygen atoms in total. The Morgan fingerprint density at radius 2 is 1.76 bits per heavy atom. The second-order valence-corrected chi connectivity index (χ2v) is 9.55. The molecule has 0 fully saturated rings. The molecule has 0 spiro atoms. The molecule has 3 aromatic carbocycles. The van der Waals surface area contributed by atoms with Crippen molar-refractivity contribution in [2.45, 2.75) is 26.4 Å². The van der Waals surface area contributed by atoms with Crippen molar-refractivity contribution in [1.29, 1.82) is 0 Å². The molecular formula is C26H20Br2FNO3. The Balaban J connectivity index is 1.54. The summed E-state index contributed by atoms with van der Waals surface area (Å²) >= 11 is 7.01. The third-order valence-electron chi connectivity index (χ3n) is 5.04. The van der Waals surface area contributed by atoms with Gasteiger partial charge in [0.2, 0.25) is 5.90 Å². The summed E-state index contributed by atoms with van der Waals surface area (Å²) in [6, 6.07) is 17.7. The number of cyclic esters (lactones) is 1. The fourth-order valence-electron chi connectivity index (χ4n) is 3.28. The Hall–Kier alpha value is -2.77. The van der Waals surface area contributed by atoms with E-state index in [4.69, 9.17) is 9.47 Å². The number of hydrogen-bond acceptors (Lipinski definition) is 4. The molecule has 33 heavy (non-hydrogen) atoms. The SMILES string of the molecule is CC(C)c1ccc(C2=N/C(=C\c3cc(Br)c(OCc4cccc(F)c4)c(Br)c3)C(=O)O2)cc1. The van der Waals surface area contributed by atoms with E-state index in [0.717, 1.165) is 16.7 Å². The van der Waals surface area contributed by atoms with Crippen LogP contribution in [0.25, 0.3) is 6.08 Å². The summed E-state index contributed by atoms with van der Waals surface area (Å²) in [5.41, 5.74) is 3.62. The first-order chi connectivity index (χ1) is 15.8. The van der Waals surface area contributed by atoms with Gasteiger partial charge in [-0.2, -0.15) is 0 Å². The van der Waals surface area contributed by atoms with Crippen molar-refractivity contribution in [3.8, 4) is 5.75 Å². The normalized spacial score (nSPS) is 14.5. The number of esters is 1. The summed E-state index contributed by atoms with van der Waals surface area (Å²) in [5, 5.41) is 0. The number of carbonyl (C=O) groups excluding carboxylic acids is 1. The molecule has 0 aromatic heterocycles. The van der Waals surface area contributed by atoms with Crippen LogP contribution < -0.4 is 4.74 Å². The number of rotatable bonds is 6. The molecule has 168 valence electrons. The molecule has 0 atom stereocenters. The molecule has 1 aliphatic rings. The van der Waals surface area contributed by atoms with Crippen molar-refractivity contribution in [3.05, 3.63) is 103 Å². The van der Waals surface area contributed by atoms with E-state index in [1.165, 1.54) is 17.7 Å². The summed E-state index contributed by atoms with van der Waals surface area (Å²) in [7, 11) is 0. The van der Waals surface area contributed by atoms with Gasteiger partial charge in [-0.05, 0) is 96.9 Å². The van der Waals surface area contributed by atoms with Crippen LogP contribution in [0.2, 0.25) is 0 Å². The highest BCUT2D eigenvalue weighted by molar-refractivity contribution is 9.11. The molecule has 0 radical (unpaired) electrons. The predicted molar refractivity (Wildman–Crippen MR) is 134 cm³/mol. The fraction of sp³-hybridized carbons (Fsp3) is 0.154. The highest BCUT2D eigenvalue weighted by Crippen LogP contribution is 2.36. The molecule has 1 aliphatic heterocycles. The van der Waals surface area contributed by atoms with Crippen LogP contribution in [-0.2, 0) is 16.1 Å². The maximum absolute atomic E-state index is 13.4. The van der Waals surface area contributed by atoms with Gasteiger partial charge >= 0.3 is 5.97 Å². The molecule has 0 amide bonds. The molecule has 3 aromatic rings. The molecule has 0 saturated carbocycles. The molecule has 0 unspecified atom stereocenters. The number of halogens is 3. The Morgan fingerprint density at radius 3 is 2.39 bits per heavy atom. The Morgan fingerprint density at radius 1 is 1.06 bits per heavy atom. The number of nitrogens with zero attached hydrogens (tertiary/aromatic N) is 1. The first kappa shape index (κ1) is 23.4. The highest BCUT2D eigenvalue weighted by atomic mass is 79.9. The molecule has 4 rings (SSSR count). The fourth-order valence-corrected chi connectivity index (χ4v) is 4.73. The molecule has 0 N–H and O–H groups in total. The van der Waals surface area contributed by atoms with Crippen LogP contribution in [0.3, 0.4) is 0 Å². The van der Waals surface area contributed by atoms with E-state index in [-0.39, 0.29) is 24.0 Å². The minimum atomic E-state index is -0.503. The number of aliphatic imine (C=N–C) groups is 1. The minimum Gasteiger partial charge on any atom is -0.487 e.